The van der Waals surface area contributed by atoms with Gasteiger partial charge in [-0.3, -0.25) is 14.7 Å². The van der Waals surface area contributed by atoms with Crippen LogP contribution in [0.2, 0.25) is 0 Å². The van der Waals surface area contributed by atoms with E-state index >= 15 is 0 Å². The summed E-state index contributed by atoms with van der Waals surface area (Å²) in [5, 5.41) is 11.2. The molecule has 36 heavy (non-hydrogen) atoms. The van der Waals surface area contributed by atoms with Crippen molar-refractivity contribution in [3.63, 3.8) is 0 Å². The molecule has 0 aliphatic carbocycles. The summed E-state index contributed by atoms with van der Waals surface area (Å²) in [5.41, 5.74) is 4.57. The second-order valence-corrected chi connectivity index (χ2v) is 9.51. The van der Waals surface area contributed by atoms with Crippen LogP contribution in [0.5, 0.6) is 0 Å². The summed E-state index contributed by atoms with van der Waals surface area (Å²) in [6.07, 6.45) is 0. The number of rotatable bonds is 5. The van der Waals surface area contributed by atoms with Crippen molar-refractivity contribution >= 4 is 39.4 Å². The van der Waals surface area contributed by atoms with Crippen LogP contribution in [0.15, 0.2) is 60.7 Å². The third kappa shape index (κ3) is 3.51. The highest BCUT2D eigenvalue weighted by molar-refractivity contribution is 6.12. The minimum absolute atomic E-state index is 0.122. The van der Waals surface area contributed by atoms with Gasteiger partial charge in [-0.1, -0.05) is 30.3 Å². The predicted octanol–water partition coefficient (Wildman–Crippen LogP) is 4.19. The van der Waals surface area contributed by atoms with Gasteiger partial charge in [-0.15, -0.1) is 0 Å². The normalized spacial score (nSPS) is 14.5. The Bertz CT molecular complexity index is 1650. The standard InChI is InChI=1S/C27H23FN6O2/c1-27(2)18-11-20-21(31-25(30-20)24-17-5-3-4-6-19(17)32-33-24)12-22(18)34(26(27)36)14-23(35)29-13-15-7-9-16(28)10-8-15/h3-12H,13-14H2,1-2H3,(H,29,35)(H,30,31)(H,32,33). The molecule has 9 heteroatoms. The molecule has 8 nitrogen and oxygen atoms in total. The largest absolute Gasteiger partial charge is 0.350 e. The van der Waals surface area contributed by atoms with Crippen molar-refractivity contribution < 1.29 is 14.0 Å². The number of nitrogens with zero attached hydrogens (tertiary/aromatic N) is 3. The first-order valence-electron chi connectivity index (χ1n) is 11.6. The first kappa shape index (κ1) is 22.0. The number of halogens is 1. The number of amides is 2. The molecule has 2 aromatic heterocycles. The summed E-state index contributed by atoms with van der Waals surface area (Å²) in [7, 11) is 0. The van der Waals surface area contributed by atoms with Gasteiger partial charge in [0.2, 0.25) is 11.8 Å². The molecule has 0 bridgehead atoms. The van der Waals surface area contributed by atoms with Crippen LogP contribution in [-0.2, 0) is 21.5 Å². The van der Waals surface area contributed by atoms with Crippen molar-refractivity contribution in [2.45, 2.75) is 25.8 Å². The molecule has 0 radical (unpaired) electrons. The first-order valence-corrected chi connectivity index (χ1v) is 11.6. The fourth-order valence-electron chi connectivity index (χ4n) is 4.75. The number of hydrogen-bond donors (Lipinski definition) is 3. The van der Waals surface area contributed by atoms with Gasteiger partial charge in [0, 0.05) is 11.9 Å². The molecule has 5 aromatic rings. The maximum Gasteiger partial charge on any atom is 0.240 e. The molecular formula is C27H23FN6O2. The number of aromatic amines is 2. The summed E-state index contributed by atoms with van der Waals surface area (Å²) < 4.78 is 13.1. The zero-order valence-corrected chi connectivity index (χ0v) is 19.7. The summed E-state index contributed by atoms with van der Waals surface area (Å²) in [6, 6.07) is 17.5. The fourth-order valence-corrected chi connectivity index (χ4v) is 4.75. The Balaban J connectivity index is 1.30. The lowest BCUT2D eigenvalue weighted by atomic mass is 9.86. The molecule has 2 amide bonds. The quantitative estimate of drug-likeness (QED) is 0.349. The number of H-pyrrole nitrogens is 2. The number of fused-ring (bicyclic) bond motifs is 3. The van der Waals surface area contributed by atoms with Gasteiger partial charge in [0.25, 0.3) is 0 Å². The summed E-state index contributed by atoms with van der Waals surface area (Å²) in [6.45, 7) is 3.84. The van der Waals surface area contributed by atoms with Gasteiger partial charge in [-0.05, 0) is 55.3 Å². The van der Waals surface area contributed by atoms with Crippen LogP contribution in [-0.4, -0.2) is 38.5 Å². The van der Waals surface area contributed by atoms with Gasteiger partial charge in [-0.25, -0.2) is 9.37 Å². The summed E-state index contributed by atoms with van der Waals surface area (Å²) in [5.74, 6) is -0.165. The van der Waals surface area contributed by atoms with E-state index < -0.39 is 5.41 Å². The number of benzene rings is 3. The van der Waals surface area contributed by atoms with Crippen molar-refractivity contribution in [1.82, 2.24) is 25.5 Å². The minimum atomic E-state index is -0.801. The van der Waals surface area contributed by atoms with Crippen molar-refractivity contribution in [2.24, 2.45) is 0 Å². The monoisotopic (exact) mass is 482 g/mol. The van der Waals surface area contributed by atoms with Gasteiger partial charge < -0.3 is 15.2 Å². The molecule has 6 rings (SSSR count). The highest BCUT2D eigenvalue weighted by Crippen LogP contribution is 2.43. The number of para-hydroxylation sites is 1. The SMILES string of the molecule is CC1(C)C(=O)N(CC(=O)NCc2ccc(F)cc2)c2cc3nc(-c4n[nH]c5ccccc45)[nH]c3cc21. The summed E-state index contributed by atoms with van der Waals surface area (Å²) in [4.78, 5) is 35.6. The maximum atomic E-state index is 13.3. The van der Waals surface area contributed by atoms with E-state index in [1.807, 2.05) is 50.2 Å². The smallest absolute Gasteiger partial charge is 0.240 e. The molecule has 0 spiro atoms. The predicted molar refractivity (Wildman–Crippen MR) is 135 cm³/mol. The third-order valence-corrected chi connectivity index (χ3v) is 6.74. The Morgan fingerprint density at radius 3 is 2.67 bits per heavy atom. The first-order chi connectivity index (χ1) is 17.3. The van der Waals surface area contributed by atoms with Gasteiger partial charge in [-0.2, -0.15) is 5.10 Å². The van der Waals surface area contributed by atoms with E-state index in [1.54, 1.807) is 12.1 Å². The van der Waals surface area contributed by atoms with E-state index in [-0.39, 0.29) is 30.7 Å². The van der Waals surface area contributed by atoms with E-state index in [1.165, 1.54) is 17.0 Å². The number of hydrogen-bond acceptors (Lipinski definition) is 4. The maximum absolute atomic E-state index is 13.3. The number of aromatic nitrogens is 4. The molecule has 3 heterocycles. The van der Waals surface area contributed by atoms with Crippen molar-refractivity contribution in [3.8, 4) is 11.5 Å². The van der Waals surface area contributed by atoms with Crippen LogP contribution >= 0.6 is 0 Å². The lowest BCUT2D eigenvalue weighted by Crippen LogP contribution is -2.42. The molecule has 0 atom stereocenters. The van der Waals surface area contributed by atoms with E-state index in [9.17, 15) is 14.0 Å². The Labute approximate surface area is 205 Å². The van der Waals surface area contributed by atoms with Crippen LogP contribution in [0.3, 0.4) is 0 Å². The average molecular weight is 483 g/mol. The molecule has 1 aliphatic rings. The average Bonchev–Trinajstić information content (AvgIpc) is 3.53. The second-order valence-electron chi connectivity index (χ2n) is 9.51. The van der Waals surface area contributed by atoms with Gasteiger partial charge in [0.1, 0.15) is 18.1 Å². The second kappa shape index (κ2) is 8.01. The number of imidazole rings is 1. The van der Waals surface area contributed by atoms with Gasteiger partial charge in [0.05, 0.1) is 27.7 Å². The Morgan fingerprint density at radius 1 is 1.08 bits per heavy atom. The van der Waals surface area contributed by atoms with Crippen LogP contribution < -0.4 is 10.2 Å². The van der Waals surface area contributed by atoms with E-state index in [0.717, 1.165) is 27.5 Å². The van der Waals surface area contributed by atoms with Gasteiger partial charge in [0.15, 0.2) is 5.82 Å². The zero-order chi connectivity index (χ0) is 25.0. The Hall–Kier alpha value is -4.53. The molecule has 180 valence electrons. The van der Waals surface area contributed by atoms with Crippen molar-refractivity contribution in [1.29, 1.82) is 0 Å². The summed E-state index contributed by atoms with van der Waals surface area (Å²) >= 11 is 0. The minimum Gasteiger partial charge on any atom is -0.350 e. The zero-order valence-electron chi connectivity index (χ0n) is 19.7. The molecule has 3 N–H and O–H groups in total. The van der Waals surface area contributed by atoms with E-state index in [2.05, 4.69) is 20.5 Å². The number of carbonyl (C=O) groups excluding carboxylic acids is 2. The third-order valence-electron chi connectivity index (χ3n) is 6.74. The van der Waals surface area contributed by atoms with Crippen LogP contribution in [0.4, 0.5) is 10.1 Å². The molecule has 0 unspecified atom stereocenters. The molecule has 3 aromatic carbocycles. The number of anilines is 1. The van der Waals surface area contributed by atoms with Crippen molar-refractivity contribution in [2.75, 3.05) is 11.4 Å². The van der Waals surface area contributed by atoms with E-state index in [0.29, 0.717) is 22.7 Å². The lowest BCUT2D eigenvalue weighted by Gasteiger charge is -2.20. The molecular weight excluding hydrogens is 459 g/mol. The Kier molecular flexibility index (Phi) is 4.89. The molecule has 1 aliphatic heterocycles. The van der Waals surface area contributed by atoms with Crippen LogP contribution in [0.1, 0.15) is 25.0 Å². The highest BCUT2D eigenvalue weighted by Gasteiger charge is 2.45. The molecule has 0 saturated heterocycles. The number of carbonyl (C=O) groups is 2. The van der Waals surface area contributed by atoms with Crippen LogP contribution in [0.25, 0.3) is 33.5 Å². The molecule has 0 saturated carbocycles. The van der Waals surface area contributed by atoms with Crippen molar-refractivity contribution in [3.05, 3.63) is 77.6 Å². The lowest BCUT2D eigenvalue weighted by molar-refractivity contribution is -0.125. The Morgan fingerprint density at radius 2 is 1.86 bits per heavy atom. The topological polar surface area (TPSA) is 107 Å². The van der Waals surface area contributed by atoms with E-state index in [4.69, 9.17) is 4.98 Å². The van der Waals surface area contributed by atoms with Gasteiger partial charge >= 0.3 is 0 Å². The fraction of sp³-hybridized carbons (Fsp3) is 0.185. The number of nitrogens with one attached hydrogen (secondary N) is 3. The highest BCUT2D eigenvalue weighted by atomic mass is 19.1. The van der Waals surface area contributed by atoms with Crippen LogP contribution in [0, 0.1) is 5.82 Å². The molecule has 0 fully saturated rings.